The average Bonchev–Trinajstić information content (AvgIpc) is 2.20. The lowest BCUT2D eigenvalue weighted by molar-refractivity contribution is 0.629. The second-order valence-corrected chi connectivity index (χ2v) is 3.04. The molecule has 0 fully saturated rings. The second kappa shape index (κ2) is 3.38. The van der Waals surface area contributed by atoms with Crippen molar-refractivity contribution in [2.75, 3.05) is 0 Å². The number of fused-ring (bicyclic) bond motifs is 1. The Morgan fingerprint density at radius 2 is 2.29 bits per heavy atom. The third-order valence-electron chi connectivity index (χ3n) is 1.91. The maximum Gasteiger partial charge on any atom is 0.262 e. The standard InChI is InChI=1S/C9H6ClFN2O/c10-4-13-5-12-8-2-1-6(11)3-7(8)9(13)14/h1-3,5H,4H2. The Bertz CT molecular complexity index is 538. The van der Waals surface area contributed by atoms with Gasteiger partial charge in [-0.1, -0.05) is 0 Å². The number of hydrogen-bond acceptors (Lipinski definition) is 2. The fraction of sp³-hybridized carbons (Fsp3) is 0.111. The van der Waals surface area contributed by atoms with Gasteiger partial charge in [0.1, 0.15) is 11.8 Å². The van der Waals surface area contributed by atoms with Crippen LogP contribution in [0.1, 0.15) is 0 Å². The molecule has 0 radical (unpaired) electrons. The first-order valence-corrected chi connectivity index (χ1v) is 4.46. The van der Waals surface area contributed by atoms with Crippen molar-refractivity contribution in [2.24, 2.45) is 0 Å². The Hall–Kier alpha value is -1.42. The van der Waals surface area contributed by atoms with Gasteiger partial charge in [-0.2, -0.15) is 0 Å². The lowest BCUT2D eigenvalue weighted by Gasteiger charge is -2.01. The number of alkyl halides is 1. The van der Waals surface area contributed by atoms with Crippen LogP contribution < -0.4 is 5.56 Å². The molecule has 0 N–H and O–H groups in total. The number of nitrogens with zero attached hydrogens (tertiary/aromatic N) is 2. The summed E-state index contributed by atoms with van der Waals surface area (Å²) in [6, 6.07) is 3.90. The van der Waals surface area contributed by atoms with Gasteiger partial charge < -0.3 is 0 Å². The Morgan fingerprint density at radius 3 is 3.00 bits per heavy atom. The highest BCUT2D eigenvalue weighted by Crippen LogP contribution is 2.08. The molecule has 0 bridgehead atoms. The maximum atomic E-state index is 12.8. The molecule has 2 aromatic rings. The van der Waals surface area contributed by atoms with Gasteiger partial charge in [0, 0.05) is 0 Å². The number of benzene rings is 1. The molecule has 0 aliphatic rings. The molecule has 0 saturated carbocycles. The van der Waals surface area contributed by atoms with Gasteiger partial charge in [-0.3, -0.25) is 9.36 Å². The van der Waals surface area contributed by atoms with E-state index in [2.05, 4.69) is 4.98 Å². The Morgan fingerprint density at radius 1 is 1.50 bits per heavy atom. The number of hydrogen-bond donors (Lipinski definition) is 0. The van der Waals surface area contributed by atoms with E-state index in [0.717, 1.165) is 6.07 Å². The third kappa shape index (κ3) is 1.37. The molecule has 3 nitrogen and oxygen atoms in total. The van der Waals surface area contributed by atoms with Crippen LogP contribution in [0.5, 0.6) is 0 Å². The van der Waals surface area contributed by atoms with Gasteiger partial charge in [0.05, 0.1) is 17.2 Å². The van der Waals surface area contributed by atoms with Crippen LogP contribution in [0.3, 0.4) is 0 Å². The summed E-state index contributed by atoms with van der Waals surface area (Å²) >= 11 is 5.50. The largest absolute Gasteiger partial charge is 0.284 e. The molecule has 0 saturated heterocycles. The molecule has 0 aliphatic heterocycles. The van der Waals surface area contributed by atoms with Gasteiger partial charge in [0.2, 0.25) is 0 Å². The van der Waals surface area contributed by atoms with E-state index in [-0.39, 0.29) is 16.9 Å². The molecule has 0 aliphatic carbocycles. The Labute approximate surface area is 83.8 Å². The SMILES string of the molecule is O=c1c2cc(F)ccc2ncn1CCl. The van der Waals surface area contributed by atoms with E-state index < -0.39 is 5.82 Å². The van der Waals surface area contributed by atoms with Crippen LogP contribution in [-0.4, -0.2) is 9.55 Å². The quantitative estimate of drug-likeness (QED) is 0.675. The smallest absolute Gasteiger partial charge is 0.262 e. The molecule has 14 heavy (non-hydrogen) atoms. The summed E-state index contributed by atoms with van der Waals surface area (Å²) in [5.74, 6) is -0.455. The van der Waals surface area contributed by atoms with Gasteiger partial charge in [-0.15, -0.1) is 11.6 Å². The Balaban J connectivity index is 2.87. The van der Waals surface area contributed by atoms with Crippen LogP contribution in [0.2, 0.25) is 0 Å². The molecule has 1 heterocycles. The molecular weight excluding hydrogens is 207 g/mol. The summed E-state index contributed by atoms with van der Waals surface area (Å²) in [7, 11) is 0. The van der Waals surface area contributed by atoms with E-state index in [0.29, 0.717) is 5.52 Å². The predicted molar refractivity (Wildman–Crippen MR) is 51.8 cm³/mol. The van der Waals surface area contributed by atoms with E-state index in [1.807, 2.05) is 0 Å². The molecular formula is C9H6ClFN2O. The van der Waals surface area contributed by atoms with Crippen LogP contribution >= 0.6 is 11.6 Å². The van der Waals surface area contributed by atoms with E-state index in [1.54, 1.807) is 0 Å². The minimum atomic E-state index is -0.455. The van der Waals surface area contributed by atoms with Crippen LogP contribution in [0.15, 0.2) is 29.3 Å². The summed E-state index contributed by atoms with van der Waals surface area (Å²) in [6.07, 6.45) is 1.34. The Kier molecular flexibility index (Phi) is 2.21. The first-order valence-electron chi connectivity index (χ1n) is 3.93. The monoisotopic (exact) mass is 212 g/mol. The van der Waals surface area contributed by atoms with Crippen molar-refractivity contribution in [1.29, 1.82) is 0 Å². The number of aromatic nitrogens is 2. The lowest BCUT2D eigenvalue weighted by Crippen LogP contribution is -2.18. The van der Waals surface area contributed by atoms with Gasteiger partial charge in [-0.25, -0.2) is 9.37 Å². The third-order valence-corrected chi connectivity index (χ3v) is 2.17. The van der Waals surface area contributed by atoms with Crippen molar-refractivity contribution >= 4 is 22.5 Å². The highest BCUT2D eigenvalue weighted by molar-refractivity contribution is 6.15. The first kappa shape index (κ1) is 9.15. The zero-order valence-electron chi connectivity index (χ0n) is 7.08. The lowest BCUT2D eigenvalue weighted by atomic mass is 10.2. The zero-order chi connectivity index (χ0) is 10.1. The molecule has 5 heteroatoms. The molecule has 1 aromatic heterocycles. The molecule has 1 aromatic carbocycles. The zero-order valence-corrected chi connectivity index (χ0v) is 7.83. The van der Waals surface area contributed by atoms with E-state index in [4.69, 9.17) is 11.6 Å². The summed E-state index contributed by atoms with van der Waals surface area (Å²) in [4.78, 5) is 15.5. The van der Waals surface area contributed by atoms with E-state index in [9.17, 15) is 9.18 Å². The first-order chi connectivity index (χ1) is 6.72. The minimum Gasteiger partial charge on any atom is -0.284 e. The fourth-order valence-electron chi connectivity index (χ4n) is 1.22. The molecule has 2 rings (SSSR count). The van der Waals surface area contributed by atoms with Crippen molar-refractivity contribution in [3.05, 3.63) is 40.7 Å². The molecule has 72 valence electrons. The summed E-state index contributed by atoms with van der Waals surface area (Å²) in [5, 5.41) is 0.244. The molecule has 0 amide bonds. The molecule has 0 unspecified atom stereocenters. The highest BCUT2D eigenvalue weighted by Gasteiger charge is 2.03. The topological polar surface area (TPSA) is 34.9 Å². The van der Waals surface area contributed by atoms with Crippen molar-refractivity contribution in [3.63, 3.8) is 0 Å². The van der Waals surface area contributed by atoms with Gasteiger partial charge >= 0.3 is 0 Å². The van der Waals surface area contributed by atoms with Crippen LogP contribution in [-0.2, 0) is 6.00 Å². The highest BCUT2D eigenvalue weighted by atomic mass is 35.5. The molecule has 0 atom stereocenters. The van der Waals surface area contributed by atoms with Crippen molar-refractivity contribution in [3.8, 4) is 0 Å². The predicted octanol–water partition coefficient (Wildman–Crippen LogP) is 1.73. The molecule has 0 spiro atoms. The summed E-state index contributed by atoms with van der Waals surface area (Å²) in [5.41, 5.74) is 0.141. The summed E-state index contributed by atoms with van der Waals surface area (Å²) in [6.45, 7) is 0. The van der Waals surface area contributed by atoms with Gasteiger partial charge in [-0.05, 0) is 18.2 Å². The minimum absolute atomic E-state index is 0.0122. The summed E-state index contributed by atoms with van der Waals surface area (Å²) < 4.78 is 14.1. The van der Waals surface area contributed by atoms with Crippen molar-refractivity contribution < 1.29 is 4.39 Å². The van der Waals surface area contributed by atoms with Gasteiger partial charge in [0.25, 0.3) is 5.56 Å². The van der Waals surface area contributed by atoms with Crippen molar-refractivity contribution in [2.45, 2.75) is 6.00 Å². The van der Waals surface area contributed by atoms with Crippen LogP contribution in [0, 0.1) is 5.82 Å². The second-order valence-electron chi connectivity index (χ2n) is 2.80. The maximum absolute atomic E-state index is 12.8. The van der Waals surface area contributed by atoms with Crippen LogP contribution in [0.25, 0.3) is 10.9 Å². The van der Waals surface area contributed by atoms with E-state index >= 15 is 0 Å². The van der Waals surface area contributed by atoms with E-state index in [1.165, 1.54) is 23.0 Å². The van der Waals surface area contributed by atoms with Crippen LogP contribution in [0.4, 0.5) is 4.39 Å². The van der Waals surface area contributed by atoms with Gasteiger partial charge in [0.15, 0.2) is 0 Å². The number of rotatable bonds is 1. The average molecular weight is 213 g/mol. The van der Waals surface area contributed by atoms with Crippen molar-refractivity contribution in [1.82, 2.24) is 9.55 Å². The fourth-order valence-corrected chi connectivity index (χ4v) is 1.39. The number of halogens is 2. The normalized spacial score (nSPS) is 10.7.